The Labute approximate surface area is 242 Å². The Morgan fingerprint density at radius 2 is 1.85 bits per heavy atom. The molecule has 2 fully saturated rings. The number of aromatic nitrogens is 3. The summed E-state index contributed by atoms with van der Waals surface area (Å²) in [5.74, 6) is 1.99. The first-order valence-corrected chi connectivity index (χ1v) is 15.7. The summed E-state index contributed by atoms with van der Waals surface area (Å²) in [4.78, 5) is 25.7. The van der Waals surface area contributed by atoms with Crippen LogP contribution in [-0.4, -0.2) is 63.3 Å². The van der Waals surface area contributed by atoms with Crippen molar-refractivity contribution in [2.75, 3.05) is 26.7 Å². The molecular formula is C32H43N5O2S. The van der Waals surface area contributed by atoms with E-state index in [1.54, 1.807) is 7.11 Å². The Morgan fingerprint density at radius 3 is 2.52 bits per heavy atom. The zero-order chi connectivity index (χ0) is 28.1. The molecular weight excluding hydrogens is 518 g/mol. The van der Waals surface area contributed by atoms with Crippen LogP contribution in [0.4, 0.5) is 0 Å². The Morgan fingerprint density at radius 1 is 1.10 bits per heavy atom. The van der Waals surface area contributed by atoms with E-state index in [1.165, 1.54) is 46.7 Å². The van der Waals surface area contributed by atoms with E-state index < -0.39 is 0 Å². The summed E-state index contributed by atoms with van der Waals surface area (Å²) in [6, 6.07) is 5.42. The number of carbonyl (C=O) groups is 1. The van der Waals surface area contributed by atoms with Gasteiger partial charge in [0.15, 0.2) is 0 Å². The fraction of sp³-hybridized carbons (Fsp3) is 0.594. The number of rotatable bonds is 7. The van der Waals surface area contributed by atoms with Crippen molar-refractivity contribution in [3.63, 3.8) is 0 Å². The van der Waals surface area contributed by atoms with Crippen LogP contribution in [-0.2, 0) is 13.0 Å². The van der Waals surface area contributed by atoms with Crippen molar-refractivity contribution in [1.29, 1.82) is 0 Å². The van der Waals surface area contributed by atoms with Crippen molar-refractivity contribution < 1.29 is 9.53 Å². The molecule has 5 heterocycles. The molecule has 1 saturated carbocycles. The van der Waals surface area contributed by atoms with Crippen molar-refractivity contribution in [1.82, 2.24) is 24.6 Å². The molecule has 0 aromatic carbocycles. The molecule has 1 amide bonds. The van der Waals surface area contributed by atoms with Gasteiger partial charge in [0.2, 0.25) is 5.88 Å². The number of hydrogen-bond donors (Lipinski definition) is 0. The largest absolute Gasteiger partial charge is 0.481 e. The van der Waals surface area contributed by atoms with Gasteiger partial charge in [-0.2, -0.15) is 5.10 Å². The van der Waals surface area contributed by atoms with Gasteiger partial charge in [-0.25, -0.2) is 4.98 Å². The minimum Gasteiger partial charge on any atom is -0.481 e. The van der Waals surface area contributed by atoms with E-state index in [0.717, 1.165) is 48.4 Å². The van der Waals surface area contributed by atoms with Crippen LogP contribution in [0.25, 0.3) is 0 Å². The van der Waals surface area contributed by atoms with Crippen LogP contribution in [0.15, 0.2) is 18.3 Å². The topological polar surface area (TPSA) is 63.5 Å². The third-order valence-electron chi connectivity index (χ3n) is 9.83. The summed E-state index contributed by atoms with van der Waals surface area (Å²) in [5, 5.41) is 4.52. The van der Waals surface area contributed by atoms with E-state index in [2.05, 4.69) is 59.5 Å². The fourth-order valence-corrected chi connectivity index (χ4v) is 8.83. The molecule has 7 nitrogen and oxygen atoms in total. The maximum absolute atomic E-state index is 13.8. The Kier molecular flexibility index (Phi) is 7.51. The zero-order valence-electron chi connectivity index (χ0n) is 24.9. The van der Waals surface area contributed by atoms with Crippen LogP contribution in [0.2, 0.25) is 0 Å². The second kappa shape index (κ2) is 10.9. The monoisotopic (exact) mass is 561 g/mol. The molecule has 0 bridgehead atoms. The van der Waals surface area contributed by atoms with Gasteiger partial charge in [-0.15, -0.1) is 11.3 Å². The summed E-state index contributed by atoms with van der Waals surface area (Å²) in [6.45, 7) is 14.4. The van der Waals surface area contributed by atoms with Gasteiger partial charge in [-0.3, -0.25) is 14.4 Å². The number of carbonyl (C=O) groups excluding carboxylic acids is 1. The fourth-order valence-electron chi connectivity index (χ4n) is 7.40. The van der Waals surface area contributed by atoms with Crippen molar-refractivity contribution in [2.24, 2.45) is 5.92 Å². The molecule has 1 aliphatic carbocycles. The Bertz CT molecular complexity index is 1400. The number of fused-ring (bicyclic) bond motifs is 1. The van der Waals surface area contributed by atoms with Crippen molar-refractivity contribution in [3.05, 3.63) is 61.7 Å². The Hall–Kier alpha value is -2.71. The third kappa shape index (κ3) is 4.87. The van der Waals surface area contributed by atoms with Crippen LogP contribution in [0.5, 0.6) is 5.88 Å². The molecule has 40 heavy (non-hydrogen) atoms. The minimum atomic E-state index is 0.166. The van der Waals surface area contributed by atoms with Gasteiger partial charge in [-0.05, 0) is 88.5 Å². The van der Waals surface area contributed by atoms with Crippen LogP contribution >= 0.6 is 11.3 Å². The van der Waals surface area contributed by atoms with E-state index >= 15 is 0 Å². The van der Waals surface area contributed by atoms with Gasteiger partial charge in [0, 0.05) is 65.0 Å². The summed E-state index contributed by atoms with van der Waals surface area (Å²) in [7, 11) is 1.66. The van der Waals surface area contributed by atoms with E-state index in [1.807, 2.05) is 29.4 Å². The third-order valence-corrected chi connectivity index (χ3v) is 11.4. The molecule has 1 atom stereocenters. The molecule has 8 heteroatoms. The second-order valence-electron chi connectivity index (χ2n) is 12.3. The Balaban J connectivity index is 1.09. The predicted octanol–water partition coefficient (Wildman–Crippen LogP) is 6.00. The number of hydrogen-bond acceptors (Lipinski definition) is 6. The average molecular weight is 562 g/mol. The molecule has 0 spiro atoms. The lowest BCUT2D eigenvalue weighted by Gasteiger charge is -2.47. The molecule has 0 N–H and O–H groups in total. The summed E-state index contributed by atoms with van der Waals surface area (Å²) in [6.07, 6.45) is 7.95. The van der Waals surface area contributed by atoms with Gasteiger partial charge in [0.1, 0.15) is 0 Å². The van der Waals surface area contributed by atoms with Gasteiger partial charge < -0.3 is 9.64 Å². The second-order valence-corrected chi connectivity index (χ2v) is 13.5. The molecule has 3 aromatic heterocycles. The normalized spacial score (nSPS) is 22.8. The molecule has 3 aliphatic rings. The van der Waals surface area contributed by atoms with E-state index in [4.69, 9.17) is 4.74 Å². The molecule has 2 aliphatic heterocycles. The SMILES string of the molecule is COc1nc(C)cc(C)c1CN1CCc2sc(C(C)C3CCC(N4CC(n5nccc5C)C4)CC3)c(C)c2C1=O. The van der Waals surface area contributed by atoms with Gasteiger partial charge in [-0.1, -0.05) is 6.92 Å². The number of likely N-dealkylation sites (tertiary alicyclic amines) is 1. The van der Waals surface area contributed by atoms with Crippen LogP contribution in [0.1, 0.15) is 92.8 Å². The van der Waals surface area contributed by atoms with E-state index in [-0.39, 0.29) is 5.91 Å². The van der Waals surface area contributed by atoms with Gasteiger partial charge in [0.25, 0.3) is 5.91 Å². The number of ether oxygens (including phenoxy) is 1. The summed E-state index contributed by atoms with van der Waals surface area (Å²) in [5.41, 5.74) is 6.51. The molecule has 1 saturated heterocycles. The first kappa shape index (κ1) is 27.5. The molecule has 3 aromatic rings. The van der Waals surface area contributed by atoms with E-state index in [0.29, 0.717) is 36.3 Å². The number of amides is 1. The van der Waals surface area contributed by atoms with Crippen LogP contribution in [0.3, 0.4) is 0 Å². The number of methoxy groups -OCH3 is 1. The lowest BCUT2D eigenvalue weighted by atomic mass is 9.76. The smallest absolute Gasteiger partial charge is 0.255 e. The van der Waals surface area contributed by atoms with Crippen LogP contribution in [0, 0.1) is 33.6 Å². The number of nitrogens with zero attached hydrogens (tertiary/aromatic N) is 5. The zero-order valence-corrected chi connectivity index (χ0v) is 25.7. The highest BCUT2D eigenvalue weighted by Crippen LogP contribution is 2.45. The lowest BCUT2D eigenvalue weighted by molar-refractivity contribution is 0.0262. The number of aryl methyl sites for hydroxylation is 3. The van der Waals surface area contributed by atoms with Gasteiger partial charge >= 0.3 is 0 Å². The molecule has 0 radical (unpaired) electrons. The van der Waals surface area contributed by atoms with Crippen molar-refractivity contribution in [2.45, 2.75) is 91.3 Å². The number of thiophene rings is 1. The highest BCUT2D eigenvalue weighted by Gasteiger charge is 2.38. The van der Waals surface area contributed by atoms with E-state index in [9.17, 15) is 4.79 Å². The summed E-state index contributed by atoms with van der Waals surface area (Å²) < 4.78 is 7.78. The molecule has 214 valence electrons. The quantitative estimate of drug-likeness (QED) is 0.354. The first-order chi connectivity index (χ1) is 19.2. The summed E-state index contributed by atoms with van der Waals surface area (Å²) >= 11 is 1.91. The number of pyridine rings is 1. The van der Waals surface area contributed by atoms with Gasteiger partial charge in [0.05, 0.1) is 25.3 Å². The van der Waals surface area contributed by atoms with Crippen molar-refractivity contribution >= 4 is 17.2 Å². The van der Waals surface area contributed by atoms with Crippen LogP contribution < -0.4 is 4.74 Å². The maximum atomic E-state index is 13.8. The lowest BCUT2D eigenvalue weighted by Crippen LogP contribution is -2.54. The maximum Gasteiger partial charge on any atom is 0.255 e. The van der Waals surface area contributed by atoms with Crippen molar-refractivity contribution in [3.8, 4) is 5.88 Å². The molecule has 1 unspecified atom stereocenters. The predicted molar refractivity (Wildman–Crippen MR) is 159 cm³/mol. The standard InChI is InChI=1S/C32H43N5O2S/c1-19-15-20(2)34-31(39-6)27(19)18-35-14-12-28-29(32(35)38)23(5)30(40-28)22(4)24-7-9-25(10-8-24)36-16-26(17-36)37-21(3)11-13-33-37/h11,13,15,22,24-26H,7-10,12,14,16-18H2,1-6H3. The first-order valence-electron chi connectivity index (χ1n) is 14.9. The highest BCUT2D eigenvalue weighted by atomic mass is 32.1. The average Bonchev–Trinajstić information content (AvgIpc) is 3.48. The molecule has 6 rings (SSSR count). The highest BCUT2D eigenvalue weighted by molar-refractivity contribution is 7.12. The minimum absolute atomic E-state index is 0.166.